The van der Waals surface area contributed by atoms with Gasteiger partial charge in [0.15, 0.2) is 0 Å². The fourth-order valence-corrected chi connectivity index (χ4v) is 3.94. The van der Waals surface area contributed by atoms with Crippen molar-refractivity contribution in [2.24, 2.45) is 5.92 Å². The Bertz CT molecular complexity index is 803. The Morgan fingerprint density at radius 2 is 1.68 bits per heavy atom. The second kappa shape index (κ2) is 7.73. The first kappa shape index (κ1) is 16.2. The highest BCUT2D eigenvalue weighted by Crippen LogP contribution is 2.28. The summed E-state index contributed by atoms with van der Waals surface area (Å²) in [5.41, 5.74) is 2.29. The number of hydrogen-bond acceptors (Lipinski definition) is 2. The van der Waals surface area contributed by atoms with Gasteiger partial charge in [-0.05, 0) is 36.6 Å². The Balaban J connectivity index is 1.52. The molecule has 0 amide bonds. The number of ether oxygens (including phenoxy) is 1. The van der Waals surface area contributed by atoms with Crippen LogP contribution in [0.5, 0.6) is 5.75 Å². The molecule has 0 saturated heterocycles. The Kier molecular flexibility index (Phi) is 5.01. The summed E-state index contributed by atoms with van der Waals surface area (Å²) in [6.45, 7) is 1.56. The van der Waals surface area contributed by atoms with Crippen LogP contribution in [0, 0.1) is 5.92 Å². The lowest BCUT2D eigenvalue weighted by molar-refractivity contribution is 0.283. The van der Waals surface area contributed by atoms with Crippen LogP contribution in [-0.2, 0) is 13.2 Å². The Morgan fingerprint density at radius 1 is 0.920 bits per heavy atom. The van der Waals surface area contributed by atoms with Crippen LogP contribution < -0.4 is 4.74 Å². The number of aromatic nitrogens is 2. The molecule has 1 aliphatic rings. The number of fused-ring (bicyclic) bond motifs is 1. The molecule has 3 heteroatoms. The van der Waals surface area contributed by atoms with E-state index in [1.165, 1.54) is 44.0 Å². The number of aryl methyl sites for hydroxylation is 1. The maximum atomic E-state index is 5.97. The molecule has 2 aromatic carbocycles. The van der Waals surface area contributed by atoms with Gasteiger partial charge in [0.25, 0.3) is 0 Å². The highest BCUT2D eigenvalue weighted by molar-refractivity contribution is 5.75. The molecule has 1 saturated carbocycles. The third kappa shape index (κ3) is 3.87. The van der Waals surface area contributed by atoms with Gasteiger partial charge in [0.1, 0.15) is 18.2 Å². The molecule has 4 rings (SSSR count). The van der Waals surface area contributed by atoms with Crippen LogP contribution >= 0.6 is 0 Å². The van der Waals surface area contributed by atoms with E-state index in [0.717, 1.165) is 29.6 Å². The van der Waals surface area contributed by atoms with Crippen LogP contribution in [0.3, 0.4) is 0 Å². The normalized spacial score (nSPS) is 15.5. The maximum absolute atomic E-state index is 5.97. The van der Waals surface area contributed by atoms with Crippen molar-refractivity contribution in [2.75, 3.05) is 0 Å². The van der Waals surface area contributed by atoms with E-state index in [1.54, 1.807) is 0 Å². The summed E-state index contributed by atoms with van der Waals surface area (Å²) in [4.78, 5) is 4.83. The Morgan fingerprint density at radius 3 is 2.52 bits per heavy atom. The summed E-state index contributed by atoms with van der Waals surface area (Å²) < 4.78 is 8.34. The van der Waals surface area contributed by atoms with Crippen LogP contribution in [-0.4, -0.2) is 9.55 Å². The van der Waals surface area contributed by atoms with E-state index >= 15 is 0 Å². The highest BCUT2D eigenvalue weighted by atomic mass is 16.5. The first-order valence-corrected chi connectivity index (χ1v) is 9.52. The van der Waals surface area contributed by atoms with Gasteiger partial charge in [-0.25, -0.2) is 4.98 Å². The summed E-state index contributed by atoms with van der Waals surface area (Å²) in [7, 11) is 0. The average Bonchev–Trinajstić information content (AvgIpc) is 3.04. The predicted octanol–water partition coefficient (Wildman–Crippen LogP) is 5.59. The summed E-state index contributed by atoms with van der Waals surface area (Å²) >= 11 is 0. The molecule has 0 N–H and O–H groups in total. The topological polar surface area (TPSA) is 27.1 Å². The van der Waals surface area contributed by atoms with Gasteiger partial charge in [0.05, 0.1) is 11.0 Å². The highest BCUT2D eigenvalue weighted by Gasteiger charge is 2.16. The lowest BCUT2D eigenvalue weighted by Gasteiger charge is -2.22. The predicted molar refractivity (Wildman–Crippen MR) is 102 cm³/mol. The minimum absolute atomic E-state index is 0.517. The summed E-state index contributed by atoms with van der Waals surface area (Å²) in [5, 5.41) is 0. The molecule has 1 aliphatic carbocycles. The van der Waals surface area contributed by atoms with Crippen LogP contribution in [0.1, 0.15) is 44.3 Å². The maximum Gasteiger partial charge on any atom is 0.147 e. The molecule has 1 fully saturated rings. The minimum Gasteiger partial charge on any atom is -0.486 e. The second-order valence-electron chi connectivity index (χ2n) is 7.06. The molecule has 0 atom stereocenters. The largest absolute Gasteiger partial charge is 0.486 e. The lowest BCUT2D eigenvalue weighted by atomic mass is 9.87. The SMILES string of the molecule is c1ccc(OCc2nc3ccccc3n2CCC2CCCCC2)cc1. The van der Waals surface area contributed by atoms with E-state index in [4.69, 9.17) is 9.72 Å². The molecule has 0 radical (unpaired) electrons. The molecule has 0 aliphatic heterocycles. The van der Waals surface area contributed by atoms with Crippen molar-refractivity contribution in [1.29, 1.82) is 0 Å². The molecule has 3 nitrogen and oxygen atoms in total. The van der Waals surface area contributed by atoms with E-state index in [9.17, 15) is 0 Å². The van der Waals surface area contributed by atoms with Gasteiger partial charge in [0, 0.05) is 6.54 Å². The van der Waals surface area contributed by atoms with Crippen molar-refractivity contribution in [3.63, 3.8) is 0 Å². The van der Waals surface area contributed by atoms with Crippen molar-refractivity contribution in [3.8, 4) is 5.75 Å². The zero-order valence-electron chi connectivity index (χ0n) is 14.7. The number of imidazole rings is 1. The third-order valence-corrected chi connectivity index (χ3v) is 5.33. The number of nitrogens with zero attached hydrogens (tertiary/aromatic N) is 2. The summed E-state index contributed by atoms with van der Waals surface area (Å²) in [6.07, 6.45) is 8.25. The zero-order chi connectivity index (χ0) is 16.9. The fourth-order valence-electron chi connectivity index (χ4n) is 3.94. The smallest absolute Gasteiger partial charge is 0.147 e. The van der Waals surface area contributed by atoms with Gasteiger partial charge in [-0.15, -0.1) is 0 Å². The van der Waals surface area contributed by atoms with Gasteiger partial charge in [-0.3, -0.25) is 0 Å². The standard InChI is InChI=1S/C22H26N2O/c1-3-9-18(10-4-1)15-16-24-21-14-8-7-13-20(21)23-22(24)17-25-19-11-5-2-6-12-19/h2,5-8,11-14,18H,1,3-4,9-10,15-17H2. The molecule has 25 heavy (non-hydrogen) atoms. The first-order valence-electron chi connectivity index (χ1n) is 9.52. The van der Waals surface area contributed by atoms with E-state index in [0.29, 0.717) is 6.61 Å². The summed E-state index contributed by atoms with van der Waals surface area (Å²) in [6, 6.07) is 18.4. The second-order valence-corrected chi connectivity index (χ2v) is 7.06. The van der Waals surface area contributed by atoms with E-state index in [2.05, 4.69) is 28.8 Å². The van der Waals surface area contributed by atoms with Crippen molar-refractivity contribution in [3.05, 3.63) is 60.4 Å². The minimum atomic E-state index is 0.517. The third-order valence-electron chi connectivity index (χ3n) is 5.33. The van der Waals surface area contributed by atoms with Crippen molar-refractivity contribution < 1.29 is 4.74 Å². The molecule has 0 bridgehead atoms. The van der Waals surface area contributed by atoms with Gasteiger partial charge in [-0.2, -0.15) is 0 Å². The molecule has 0 unspecified atom stereocenters. The van der Waals surface area contributed by atoms with Crippen molar-refractivity contribution in [1.82, 2.24) is 9.55 Å². The molecule has 130 valence electrons. The number of benzene rings is 2. The van der Waals surface area contributed by atoms with E-state index < -0.39 is 0 Å². The quantitative estimate of drug-likeness (QED) is 0.588. The zero-order valence-corrected chi connectivity index (χ0v) is 14.7. The monoisotopic (exact) mass is 334 g/mol. The van der Waals surface area contributed by atoms with Crippen molar-refractivity contribution >= 4 is 11.0 Å². The molecule has 3 aromatic rings. The van der Waals surface area contributed by atoms with E-state index in [1.807, 2.05) is 30.3 Å². The van der Waals surface area contributed by atoms with Crippen LogP contribution in [0.25, 0.3) is 11.0 Å². The van der Waals surface area contributed by atoms with Gasteiger partial charge in [-0.1, -0.05) is 62.4 Å². The van der Waals surface area contributed by atoms with Gasteiger partial charge >= 0.3 is 0 Å². The number of hydrogen-bond donors (Lipinski definition) is 0. The van der Waals surface area contributed by atoms with Gasteiger partial charge in [0.2, 0.25) is 0 Å². The number of rotatable bonds is 6. The fraction of sp³-hybridized carbons (Fsp3) is 0.409. The van der Waals surface area contributed by atoms with E-state index in [-0.39, 0.29) is 0 Å². The average molecular weight is 334 g/mol. The van der Waals surface area contributed by atoms with Crippen molar-refractivity contribution in [2.45, 2.75) is 51.7 Å². The first-order chi connectivity index (χ1) is 12.4. The molecule has 1 heterocycles. The number of para-hydroxylation sites is 3. The van der Waals surface area contributed by atoms with Crippen LogP contribution in [0.2, 0.25) is 0 Å². The van der Waals surface area contributed by atoms with Crippen LogP contribution in [0.15, 0.2) is 54.6 Å². The Hall–Kier alpha value is -2.29. The molecular formula is C22H26N2O. The lowest BCUT2D eigenvalue weighted by Crippen LogP contribution is -2.13. The molecule has 1 aromatic heterocycles. The van der Waals surface area contributed by atoms with Crippen LogP contribution in [0.4, 0.5) is 0 Å². The summed E-state index contributed by atoms with van der Waals surface area (Å²) in [5.74, 6) is 2.80. The molecular weight excluding hydrogens is 308 g/mol. The Labute approximate surface area is 149 Å². The van der Waals surface area contributed by atoms with Gasteiger partial charge < -0.3 is 9.30 Å². The molecule has 0 spiro atoms.